The number of carbonyl (C=O) groups excluding carboxylic acids is 3. The topological polar surface area (TPSA) is 96.4 Å². The van der Waals surface area contributed by atoms with Gasteiger partial charge in [-0.2, -0.15) is 0 Å². The number of hydrogen-bond donors (Lipinski definition) is 1. The molecule has 2 bridgehead atoms. The van der Waals surface area contributed by atoms with E-state index in [1.54, 1.807) is 0 Å². The minimum atomic E-state index is -0.362. The Labute approximate surface area is 278 Å². The van der Waals surface area contributed by atoms with Crippen LogP contribution in [0.1, 0.15) is 106 Å². The molecule has 1 saturated heterocycles. The number of ketones is 1. The summed E-state index contributed by atoms with van der Waals surface area (Å²) in [4.78, 5) is 43.8. The van der Waals surface area contributed by atoms with Gasteiger partial charge in [0.25, 0.3) is 0 Å². The summed E-state index contributed by atoms with van der Waals surface area (Å²) in [5.41, 5.74) is 2.98. The van der Waals surface area contributed by atoms with Crippen LogP contribution in [0.25, 0.3) is 0 Å². The van der Waals surface area contributed by atoms with E-state index in [4.69, 9.17) is 9.47 Å². The van der Waals surface area contributed by atoms with Crippen molar-refractivity contribution < 1.29 is 29.0 Å². The van der Waals surface area contributed by atoms with Crippen molar-refractivity contribution >= 4 is 17.7 Å². The lowest BCUT2D eigenvalue weighted by atomic mass is 9.51. The molecule has 2 aromatic carbocycles. The highest BCUT2D eigenvalue weighted by molar-refractivity contribution is 5.96. The molecule has 2 unspecified atom stereocenters. The second-order valence-electron chi connectivity index (χ2n) is 14.7. The Bertz CT molecular complexity index is 1490. The van der Waals surface area contributed by atoms with Crippen molar-refractivity contribution in [2.45, 2.75) is 121 Å². The fraction of sp³-hybridized carbons (Fsp3) is 0.615. The number of ether oxygens (including phenoxy) is 2. The van der Waals surface area contributed by atoms with Crippen LogP contribution >= 0.6 is 0 Å². The van der Waals surface area contributed by atoms with Crippen LogP contribution < -0.4 is 9.47 Å². The second-order valence-corrected chi connectivity index (χ2v) is 14.7. The smallest absolute Gasteiger partial charge is 0.308 e. The minimum absolute atomic E-state index is 0.0671. The highest BCUT2D eigenvalue weighted by atomic mass is 16.6. The van der Waals surface area contributed by atoms with E-state index in [1.165, 1.54) is 18.1 Å². The number of benzene rings is 2. The van der Waals surface area contributed by atoms with Gasteiger partial charge in [0, 0.05) is 61.4 Å². The molecular weight excluding hydrogens is 592 g/mol. The van der Waals surface area contributed by atoms with Gasteiger partial charge in [-0.15, -0.1) is 0 Å². The first kappa shape index (κ1) is 32.3. The summed E-state index contributed by atoms with van der Waals surface area (Å²) in [6, 6.07) is 13.7. The van der Waals surface area contributed by atoms with Crippen molar-refractivity contribution in [2.75, 3.05) is 19.6 Å². The van der Waals surface area contributed by atoms with Gasteiger partial charge in [-0.3, -0.25) is 19.3 Å². The second kappa shape index (κ2) is 13.3. The third kappa shape index (κ3) is 6.01. The van der Waals surface area contributed by atoms with Gasteiger partial charge in [-0.25, -0.2) is 0 Å². The normalized spacial score (nSPS) is 29.9. The van der Waals surface area contributed by atoms with E-state index < -0.39 is 0 Å². The summed E-state index contributed by atoms with van der Waals surface area (Å²) in [6.45, 7) is 6.20. The number of carbonyl (C=O) groups is 3. The molecule has 7 rings (SSSR count). The predicted molar refractivity (Wildman–Crippen MR) is 179 cm³/mol. The molecule has 2 aliphatic heterocycles. The Balaban J connectivity index is 1.15. The van der Waals surface area contributed by atoms with Crippen LogP contribution in [-0.2, 0) is 21.4 Å². The summed E-state index contributed by atoms with van der Waals surface area (Å²) < 4.78 is 12.8. The van der Waals surface area contributed by atoms with Gasteiger partial charge >= 0.3 is 5.97 Å². The first-order valence-corrected chi connectivity index (χ1v) is 18.1. The highest BCUT2D eigenvalue weighted by Crippen LogP contribution is 2.64. The molecule has 2 aromatic rings. The predicted octanol–water partition coefficient (Wildman–Crippen LogP) is 5.86. The first-order valence-electron chi connectivity index (χ1n) is 18.1. The largest absolute Gasteiger partial charge is 0.483 e. The fourth-order valence-corrected chi connectivity index (χ4v) is 9.58. The molecule has 8 nitrogen and oxygen atoms in total. The maximum atomic E-state index is 14.2. The van der Waals surface area contributed by atoms with E-state index in [-0.39, 0.29) is 41.3 Å². The molecule has 1 spiro atoms. The first-order chi connectivity index (χ1) is 22.8. The maximum Gasteiger partial charge on any atom is 0.308 e. The molecular formula is C39H50N2O6. The summed E-state index contributed by atoms with van der Waals surface area (Å²) >= 11 is 0. The number of piperidine rings is 1. The van der Waals surface area contributed by atoms with Gasteiger partial charge in [0.2, 0.25) is 5.91 Å². The van der Waals surface area contributed by atoms with Crippen LogP contribution in [0, 0.1) is 11.8 Å². The van der Waals surface area contributed by atoms with E-state index in [9.17, 15) is 19.5 Å². The van der Waals surface area contributed by atoms with Crippen molar-refractivity contribution in [2.24, 2.45) is 11.8 Å². The number of aliphatic hydroxyl groups excluding tert-OH is 1. The molecule has 3 fully saturated rings. The summed E-state index contributed by atoms with van der Waals surface area (Å²) in [5.74, 6) is 1.87. The van der Waals surface area contributed by atoms with E-state index >= 15 is 0 Å². The minimum Gasteiger partial charge on any atom is -0.483 e. The fourth-order valence-electron chi connectivity index (χ4n) is 9.58. The monoisotopic (exact) mass is 642 g/mol. The van der Waals surface area contributed by atoms with Crippen LogP contribution in [0.5, 0.6) is 11.5 Å². The summed E-state index contributed by atoms with van der Waals surface area (Å²) in [5, 5.41) is 10.2. The third-order valence-corrected chi connectivity index (χ3v) is 11.9. The van der Waals surface area contributed by atoms with Crippen molar-refractivity contribution in [3.05, 3.63) is 59.2 Å². The molecule has 0 radical (unpaired) electrons. The number of aliphatic hydroxyl groups is 1. The Hall–Kier alpha value is -3.23. The van der Waals surface area contributed by atoms with Crippen molar-refractivity contribution in [3.8, 4) is 11.5 Å². The van der Waals surface area contributed by atoms with Crippen molar-refractivity contribution in [3.63, 3.8) is 0 Å². The Morgan fingerprint density at radius 3 is 2.57 bits per heavy atom. The molecule has 47 heavy (non-hydrogen) atoms. The quantitative estimate of drug-likeness (QED) is 0.119. The molecule has 0 aromatic heterocycles. The van der Waals surface area contributed by atoms with Crippen LogP contribution in [-0.4, -0.2) is 76.5 Å². The molecule has 1 amide bonds. The number of rotatable bonds is 14. The number of hydrogen-bond acceptors (Lipinski definition) is 7. The third-order valence-electron chi connectivity index (χ3n) is 11.9. The van der Waals surface area contributed by atoms with Crippen molar-refractivity contribution in [1.82, 2.24) is 9.80 Å². The zero-order valence-corrected chi connectivity index (χ0v) is 28.0. The van der Waals surface area contributed by atoms with Gasteiger partial charge in [-0.1, -0.05) is 56.2 Å². The van der Waals surface area contributed by atoms with E-state index in [2.05, 4.69) is 22.8 Å². The lowest BCUT2D eigenvalue weighted by Crippen LogP contribution is -2.69. The van der Waals surface area contributed by atoms with Crippen LogP contribution in [0.15, 0.2) is 42.5 Å². The number of Topliss-reactive ketones (excluding diaryl/α,β-unsaturated/α-hetero) is 1. The maximum absolute atomic E-state index is 14.2. The van der Waals surface area contributed by atoms with Gasteiger partial charge in [-0.05, 0) is 75.5 Å². The zero-order valence-electron chi connectivity index (χ0n) is 28.0. The van der Waals surface area contributed by atoms with Gasteiger partial charge in [0.1, 0.15) is 6.10 Å². The lowest BCUT2D eigenvalue weighted by molar-refractivity contribution is -0.143. The SMILES string of the molecule is CCCCCN(C(=O)CCCCC(=O)c1ccccc1)[C@H]1CC[C@H]2[C@H]3Cc4ccc(OC(C)=O)c5c4[C@@]2(CCN3CC2CC2O)[C@H]1O5. The number of likely N-dealkylation sites (tertiary alicyclic amines) is 1. The molecule has 2 saturated carbocycles. The van der Waals surface area contributed by atoms with Crippen LogP contribution in [0.2, 0.25) is 0 Å². The Kier molecular flexibility index (Phi) is 9.18. The van der Waals surface area contributed by atoms with Gasteiger partial charge < -0.3 is 19.5 Å². The molecule has 7 atom stereocenters. The molecule has 1 N–H and O–H groups in total. The number of unbranched alkanes of at least 4 members (excludes halogenated alkanes) is 3. The number of amides is 1. The standard InChI is InChI=1S/C39H50N2O6/c1-3-4-10-20-41(35(45)14-9-8-13-32(43)26-11-6-5-7-12-26)30-17-16-29-31-22-27-15-18-34(46-25(2)42)37-36(27)39(29,38(30)47-37)19-21-40(31)24-28-23-33(28)44/h5-7,11-12,15,18,28-31,33,38,44H,3-4,8-10,13-14,16-17,19-24H2,1-2H3/t28?,29-,30-,31+,33?,38-,39-/m0/s1. The van der Waals surface area contributed by atoms with Crippen molar-refractivity contribution in [1.29, 1.82) is 0 Å². The number of nitrogens with zero attached hydrogens (tertiary/aromatic N) is 2. The van der Waals surface area contributed by atoms with Crippen LogP contribution in [0.3, 0.4) is 0 Å². The molecule has 252 valence electrons. The van der Waals surface area contributed by atoms with E-state index in [0.29, 0.717) is 61.6 Å². The van der Waals surface area contributed by atoms with Gasteiger partial charge in [0.05, 0.1) is 12.1 Å². The molecule has 2 heterocycles. The molecule has 5 aliphatic rings. The van der Waals surface area contributed by atoms with E-state index in [0.717, 1.165) is 70.0 Å². The molecule has 8 heteroatoms. The van der Waals surface area contributed by atoms with E-state index in [1.807, 2.05) is 36.4 Å². The summed E-state index contributed by atoms with van der Waals surface area (Å²) in [7, 11) is 0. The molecule has 3 aliphatic carbocycles. The average Bonchev–Trinajstić information content (AvgIpc) is 3.65. The Morgan fingerprint density at radius 2 is 1.83 bits per heavy atom. The van der Waals surface area contributed by atoms with Crippen LogP contribution in [0.4, 0.5) is 0 Å². The highest BCUT2D eigenvalue weighted by Gasteiger charge is 2.67. The Morgan fingerprint density at radius 1 is 1.04 bits per heavy atom. The number of esters is 1. The lowest BCUT2D eigenvalue weighted by Gasteiger charge is -2.60. The van der Waals surface area contributed by atoms with Gasteiger partial charge in [0.15, 0.2) is 17.3 Å². The zero-order chi connectivity index (χ0) is 32.7. The summed E-state index contributed by atoms with van der Waals surface area (Å²) in [6.07, 6.45) is 9.60. The average molecular weight is 643 g/mol.